The summed E-state index contributed by atoms with van der Waals surface area (Å²) in [5.41, 5.74) is 2.09. The van der Waals surface area contributed by atoms with Crippen molar-refractivity contribution in [3.63, 3.8) is 0 Å². The van der Waals surface area contributed by atoms with Gasteiger partial charge in [0.2, 0.25) is 5.91 Å². The molecule has 0 saturated carbocycles. The maximum atomic E-state index is 13.4. The van der Waals surface area contributed by atoms with Crippen molar-refractivity contribution in [3.05, 3.63) is 95.3 Å². The van der Waals surface area contributed by atoms with Gasteiger partial charge in [0.25, 0.3) is 5.91 Å². The minimum absolute atomic E-state index is 0.136. The summed E-state index contributed by atoms with van der Waals surface area (Å²) < 4.78 is 13.2. The molecule has 33 heavy (non-hydrogen) atoms. The largest absolute Gasteiger partial charge is 0.326 e. The molecule has 1 aliphatic rings. The summed E-state index contributed by atoms with van der Waals surface area (Å²) in [6.45, 7) is 0.388. The zero-order valence-electron chi connectivity index (χ0n) is 17.6. The van der Waals surface area contributed by atoms with Crippen LogP contribution in [0.2, 0.25) is 5.02 Å². The van der Waals surface area contributed by atoms with Crippen molar-refractivity contribution in [1.82, 2.24) is 4.90 Å². The maximum Gasteiger partial charge on any atom is 0.252 e. The van der Waals surface area contributed by atoms with Gasteiger partial charge in [-0.15, -0.1) is 0 Å². The monoisotopic (exact) mass is 481 g/mol. The number of para-hydroxylation sites is 1. The first-order chi connectivity index (χ1) is 15.9. The zero-order chi connectivity index (χ0) is 23.4. The molecular weight excluding hydrogens is 461 g/mol. The highest BCUT2D eigenvalue weighted by Gasteiger charge is 2.44. The predicted octanol–water partition coefficient (Wildman–Crippen LogP) is 5.05. The Hall–Kier alpha value is -3.29. The topological polar surface area (TPSA) is 52.7 Å². The van der Waals surface area contributed by atoms with Crippen LogP contribution in [0.5, 0.6) is 0 Å². The number of thiocarbonyl (C=S) groups is 1. The van der Waals surface area contributed by atoms with E-state index in [4.69, 9.17) is 23.8 Å². The van der Waals surface area contributed by atoms with E-state index < -0.39 is 11.9 Å². The van der Waals surface area contributed by atoms with Gasteiger partial charge in [-0.05, 0) is 60.6 Å². The predicted molar refractivity (Wildman–Crippen MR) is 132 cm³/mol. The molecular formula is C25H21ClFN3O2S. The normalized spacial score (nSPS) is 15.8. The number of carbonyl (C=O) groups is 2. The molecule has 5 nitrogen and oxygen atoms in total. The molecule has 8 heteroatoms. The van der Waals surface area contributed by atoms with Gasteiger partial charge < -0.3 is 10.2 Å². The quantitative estimate of drug-likeness (QED) is 0.480. The van der Waals surface area contributed by atoms with Crippen LogP contribution in [0.1, 0.15) is 12.0 Å². The van der Waals surface area contributed by atoms with Gasteiger partial charge in [-0.1, -0.05) is 54.1 Å². The number of hydrogen-bond acceptors (Lipinski definition) is 3. The van der Waals surface area contributed by atoms with Gasteiger partial charge in [0.15, 0.2) is 5.11 Å². The molecule has 1 aliphatic heterocycles. The number of benzene rings is 3. The van der Waals surface area contributed by atoms with E-state index in [2.05, 4.69) is 5.32 Å². The lowest BCUT2D eigenvalue weighted by molar-refractivity contribution is -0.129. The summed E-state index contributed by atoms with van der Waals surface area (Å²) in [6, 6.07) is 21.5. The van der Waals surface area contributed by atoms with Gasteiger partial charge in [0.1, 0.15) is 11.9 Å². The van der Waals surface area contributed by atoms with Crippen LogP contribution in [0.4, 0.5) is 15.8 Å². The molecule has 1 heterocycles. The minimum Gasteiger partial charge on any atom is -0.326 e. The Bertz CT molecular complexity index is 1170. The van der Waals surface area contributed by atoms with Crippen LogP contribution < -0.4 is 10.2 Å². The van der Waals surface area contributed by atoms with E-state index in [9.17, 15) is 14.0 Å². The molecule has 1 atom stereocenters. The molecule has 4 rings (SSSR count). The first-order valence-corrected chi connectivity index (χ1v) is 11.2. The van der Waals surface area contributed by atoms with Crippen molar-refractivity contribution in [2.75, 3.05) is 16.8 Å². The fourth-order valence-corrected chi connectivity index (χ4v) is 4.39. The lowest BCUT2D eigenvalue weighted by Crippen LogP contribution is -2.38. The molecule has 168 valence electrons. The highest BCUT2D eigenvalue weighted by Crippen LogP contribution is 2.33. The summed E-state index contributed by atoms with van der Waals surface area (Å²) in [5.74, 6) is -1.04. The van der Waals surface area contributed by atoms with E-state index in [-0.39, 0.29) is 18.2 Å². The fraction of sp³-hybridized carbons (Fsp3) is 0.160. The Labute approximate surface area is 201 Å². The molecule has 0 aromatic heterocycles. The summed E-state index contributed by atoms with van der Waals surface area (Å²) in [6.07, 6.45) is 0.487. The fourth-order valence-electron chi connectivity index (χ4n) is 3.76. The van der Waals surface area contributed by atoms with Crippen LogP contribution in [0.3, 0.4) is 0 Å². The van der Waals surface area contributed by atoms with E-state index in [1.165, 1.54) is 29.2 Å². The number of nitrogens with one attached hydrogen (secondary N) is 1. The number of rotatable bonds is 7. The third-order valence-electron chi connectivity index (χ3n) is 5.39. The molecule has 3 aromatic carbocycles. The molecule has 2 amide bonds. The molecule has 0 aliphatic carbocycles. The second-order valence-electron chi connectivity index (χ2n) is 7.60. The van der Waals surface area contributed by atoms with Crippen molar-refractivity contribution in [2.24, 2.45) is 0 Å². The Morgan fingerprint density at radius 3 is 2.36 bits per heavy atom. The first kappa shape index (κ1) is 22.9. The Balaban J connectivity index is 1.56. The smallest absolute Gasteiger partial charge is 0.252 e. The van der Waals surface area contributed by atoms with Gasteiger partial charge >= 0.3 is 0 Å². The van der Waals surface area contributed by atoms with Gasteiger partial charge in [-0.25, -0.2) is 4.39 Å². The van der Waals surface area contributed by atoms with Crippen LogP contribution >= 0.6 is 23.8 Å². The number of hydrogen-bond donors (Lipinski definition) is 1. The first-order valence-electron chi connectivity index (χ1n) is 10.4. The lowest BCUT2D eigenvalue weighted by Gasteiger charge is -2.25. The number of amides is 2. The number of anilines is 2. The Kier molecular flexibility index (Phi) is 7.01. The van der Waals surface area contributed by atoms with Gasteiger partial charge in [0, 0.05) is 12.2 Å². The Morgan fingerprint density at radius 2 is 1.67 bits per heavy atom. The summed E-state index contributed by atoms with van der Waals surface area (Å²) >= 11 is 12.1. The molecule has 1 saturated heterocycles. The van der Waals surface area contributed by atoms with Crippen molar-refractivity contribution in [2.45, 2.75) is 18.9 Å². The lowest BCUT2D eigenvalue weighted by atomic mass is 10.1. The summed E-state index contributed by atoms with van der Waals surface area (Å²) in [7, 11) is 0. The van der Waals surface area contributed by atoms with Crippen molar-refractivity contribution in [1.29, 1.82) is 0 Å². The highest BCUT2D eigenvalue weighted by molar-refractivity contribution is 7.80. The number of nitrogens with zero attached hydrogens (tertiary/aromatic N) is 2. The van der Waals surface area contributed by atoms with E-state index in [1.54, 1.807) is 29.2 Å². The number of halogens is 2. The summed E-state index contributed by atoms with van der Waals surface area (Å²) in [4.78, 5) is 29.3. The zero-order valence-corrected chi connectivity index (χ0v) is 19.2. The molecule has 0 bridgehead atoms. The highest BCUT2D eigenvalue weighted by atomic mass is 35.5. The number of carbonyl (C=O) groups excluding carboxylic acids is 2. The van der Waals surface area contributed by atoms with E-state index >= 15 is 0 Å². The van der Waals surface area contributed by atoms with Crippen molar-refractivity contribution >= 4 is 52.1 Å². The van der Waals surface area contributed by atoms with E-state index in [0.717, 1.165) is 5.56 Å². The third-order valence-corrected chi connectivity index (χ3v) is 6.12. The molecule has 1 fully saturated rings. The van der Waals surface area contributed by atoms with E-state index in [1.807, 2.05) is 30.3 Å². The van der Waals surface area contributed by atoms with Gasteiger partial charge in [0.05, 0.1) is 17.1 Å². The SMILES string of the molecule is O=C(CC1C(=O)N(CCc2ccccc2)C(=S)N1c1ccccc1Cl)Nc1ccc(F)cc1. The molecule has 1 unspecified atom stereocenters. The average molecular weight is 482 g/mol. The van der Waals surface area contributed by atoms with Gasteiger partial charge in [-0.3, -0.25) is 14.5 Å². The minimum atomic E-state index is -0.839. The van der Waals surface area contributed by atoms with Crippen LogP contribution in [-0.4, -0.2) is 34.4 Å². The molecule has 3 aromatic rings. The van der Waals surface area contributed by atoms with Crippen molar-refractivity contribution in [3.8, 4) is 0 Å². The standard InChI is InChI=1S/C25H21ClFN3O2S/c26-20-8-4-5-9-21(20)30-22(16-23(31)28-19-12-10-18(27)11-13-19)24(32)29(25(30)33)15-14-17-6-2-1-3-7-17/h1-13,22H,14-16H2,(H,28,31). The van der Waals surface area contributed by atoms with Crippen LogP contribution in [-0.2, 0) is 16.0 Å². The van der Waals surface area contributed by atoms with Gasteiger partial charge in [-0.2, -0.15) is 0 Å². The second-order valence-corrected chi connectivity index (χ2v) is 8.38. The maximum absolute atomic E-state index is 13.4. The molecule has 1 N–H and O–H groups in total. The van der Waals surface area contributed by atoms with E-state index in [0.29, 0.717) is 34.5 Å². The van der Waals surface area contributed by atoms with Crippen molar-refractivity contribution < 1.29 is 14.0 Å². The third kappa shape index (κ3) is 5.21. The summed E-state index contributed by atoms with van der Waals surface area (Å²) in [5, 5.41) is 3.45. The van der Waals surface area contributed by atoms with Crippen LogP contribution in [0.25, 0.3) is 0 Å². The Morgan fingerprint density at radius 1 is 1.00 bits per heavy atom. The van der Waals surface area contributed by atoms with Crippen LogP contribution in [0.15, 0.2) is 78.9 Å². The molecule has 0 spiro atoms. The second kappa shape index (κ2) is 10.1. The molecule has 0 radical (unpaired) electrons. The average Bonchev–Trinajstić information content (AvgIpc) is 3.04. The van der Waals surface area contributed by atoms with Crippen LogP contribution in [0, 0.1) is 5.82 Å².